The number of hydrogen-bond acceptors (Lipinski definition) is 4. The molecule has 0 aliphatic heterocycles. The topological polar surface area (TPSA) is 74.8 Å². The molecule has 0 N–H and O–H groups in total. The number of rotatable bonds is 5. The van der Waals surface area contributed by atoms with Crippen LogP contribution in [0.5, 0.6) is 0 Å². The highest BCUT2D eigenvalue weighted by Gasteiger charge is 2.36. The molecule has 0 saturated carbocycles. The second-order valence-corrected chi connectivity index (χ2v) is 8.65. The summed E-state index contributed by atoms with van der Waals surface area (Å²) in [5.74, 6) is 0. The molecule has 22 heavy (non-hydrogen) atoms. The molecule has 0 bridgehead atoms. The predicted octanol–water partition coefficient (Wildman–Crippen LogP) is 1.69. The second-order valence-electron chi connectivity index (χ2n) is 4.64. The maximum Gasteiger partial charge on any atom is 0.317 e. The molecule has 0 atom stereocenters. The van der Waals surface area contributed by atoms with Gasteiger partial charge in [-0.2, -0.15) is 21.1 Å². The molecule has 0 aromatic heterocycles. The number of anilines is 1. The average molecular weight is 340 g/mol. The van der Waals surface area contributed by atoms with Crippen LogP contribution in [-0.2, 0) is 20.2 Å². The fourth-order valence-electron chi connectivity index (χ4n) is 1.78. The van der Waals surface area contributed by atoms with Gasteiger partial charge in [-0.25, -0.2) is 0 Å². The largest absolute Gasteiger partial charge is 0.317 e. The normalized spacial score (nSPS) is 12.3. The van der Waals surface area contributed by atoms with Gasteiger partial charge >= 0.3 is 10.2 Å². The van der Waals surface area contributed by atoms with E-state index in [1.165, 1.54) is 38.4 Å². The van der Waals surface area contributed by atoms with E-state index in [1.807, 2.05) is 0 Å². The molecule has 0 spiro atoms. The first-order valence-electron chi connectivity index (χ1n) is 6.36. The quantitative estimate of drug-likeness (QED) is 0.830. The number of para-hydroxylation sites is 1. The van der Waals surface area contributed by atoms with E-state index in [2.05, 4.69) is 0 Å². The molecule has 0 amide bonds. The monoisotopic (exact) mass is 340 g/mol. The molecule has 2 aromatic carbocycles. The highest BCUT2D eigenvalue weighted by Crippen LogP contribution is 2.27. The van der Waals surface area contributed by atoms with Gasteiger partial charge in [0.2, 0.25) is 0 Å². The van der Waals surface area contributed by atoms with Gasteiger partial charge in [-0.3, -0.25) is 0 Å². The van der Waals surface area contributed by atoms with Crippen molar-refractivity contribution in [1.29, 1.82) is 0 Å². The summed E-state index contributed by atoms with van der Waals surface area (Å²) >= 11 is 0. The zero-order valence-electron chi connectivity index (χ0n) is 12.1. The minimum Gasteiger partial charge on any atom is -0.200 e. The summed E-state index contributed by atoms with van der Waals surface area (Å²) in [6.45, 7) is 0. The molecule has 0 unspecified atom stereocenters. The lowest BCUT2D eigenvalue weighted by atomic mass is 10.3. The standard InChI is InChI=1S/C14H16N2O4S2/c1-15(2)22(19,20)16(13-9-5-3-6-10-13)21(17,18)14-11-7-4-8-12-14/h3-12H,1-2H3. The SMILES string of the molecule is CN(C)S(=O)(=O)N(c1ccccc1)S(=O)(=O)c1ccccc1. The summed E-state index contributed by atoms with van der Waals surface area (Å²) in [5.41, 5.74) is 0.0556. The van der Waals surface area contributed by atoms with E-state index in [4.69, 9.17) is 0 Å². The Labute approximate surface area is 130 Å². The number of nitrogens with zero attached hydrogens (tertiary/aromatic N) is 2. The van der Waals surface area contributed by atoms with Crippen molar-refractivity contribution in [2.75, 3.05) is 17.8 Å². The Hall–Kier alpha value is -1.90. The van der Waals surface area contributed by atoms with E-state index < -0.39 is 20.2 Å². The van der Waals surface area contributed by atoms with Crippen molar-refractivity contribution >= 4 is 25.9 Å². The first-order valence-corrected chi connectivity index (χ1v) is 9.19. The highest BCUT2D eigenvalue weighted by molar-refractivity contribution is 8.09. The molecule has 118 valence electrons. The predicted molar refractivity (Wildman–Crippen MR) is 85.2 cm³/mol. The minimum absolute atomic E-state index is 0.0556. The van der Waals surface area contributed by atoms with Gasteiger partial charge in [0.1, 0.15) is 0 Å². The van der Waals surface area contributed by atoms with Crippen molar-refractivity contribution in [3.05, 3.63) is 60.7 Å². The van der Waals surface area contributed by atoms with Crippen LogP contribution in [0, 0.1) is 0 Å². The molecule has 2 rings (SSSR count). The van der Waals surface area contributed by atoms with Crippen LogP contribution in [0.25, 0.3) is 0 Å². The maximum absolute atomic E-state index is 12.8. The lowest BCUT2D eigenvalue weighted by molar-refractivity contribution is 0.520. The smallest absolute Gasteiger partial charge is 0.200 e. The van der Waals surface area contributed by atoms with Crippen molar-refractivity contribution in [2.45, 2.75) is 4.90 Å². The van der Waals surface area contributed by atoms with Gasteiger partial charge in [-0.1, -0.05) is 36.4 Å². The van der Waals surface area contributed by atoms with Crippen molar-refractivity contribution < 1.29 is 16.8 Å². The minimum atomic E-state index is -4.25. The van der Waals surface area contributed by atoms with E-state index in [-0.39, 0.29) is 10.6 Å². The zero-order chi connectivity index (χ0) is 16.4. The van der Waals surface area contributed by atoms with E-state index in [1.54, 1.807) is 36.4 Å². The molecule has 0 saturated heterocycles. The van der Waals surface area contributed by atoms with E-state index in [9.17, 15) is 16.8 Å². The van der Waals surface area contributed by atoms with E-state index in [0.29, 0.717) is 3.71 Å². The van der Waals surface area contributed by atoms with Gasteiger partial charge in [0.05, 0.1) is 10.6 Å². The zero-order valence-corrected chi connectivity index (χ0v) is 13.8. The first-order chi connectivity index (χ1) is 10.3. The summed E-state index contributed by atoms with van der Waals surface area (Å²) in [7, 11) is -5.91. The molecule has 0 aliphatic carbocycles. The molecule has 0 aliphatic rings. The van der Waals surface area contributed by atoms with Gasteiger partial charge in [-0.15, -0.1) is 3.71 Å². The molecule has 2 aromatic rings. The number of sulfonamides is 1. The summed E-state index contributed by atoms with van der Waals surface area (Å²) < 4.78 is 52.0. The van der Waals surface area contributed by atoms with Crippen molar-refractivity contribution in [2.24, 2.45) is 0 Å². The summed E-state index contributed by atoms with van der Waals surface area (Å²) in [5, 5.41) is 0. The van der Waals surface area contributed by atoms with Crippen LogP contribution < -0.4 is 3.71 Å². The van der Waals surface area contributed by atoms with Crippen molar-refractivity contribution in [1.82, 2.24) is 4.31 Å². The highest BCUT2D eigenvalue weighted by atomic mass is 32.3. The molecular formula is C14H16N2O4S2. The summed E-state index contributed by atoms with van der Waals surface area (Å²) in [4.78, 5) is -0.0933. The Balaban J connectivity index is 2.71. The van der Waals surface area contributed by atoms with Gasteiger partial charge in [-0.05, 0) is 24.3 Å². The molecule has 0 heterocycles. The van der Waals surface area contributed by atoms with E-state index in [0.717, 1.165) is 4.31 Å². The Morgan fingerprint density at radius 1 is 0.727 bits per heavy atom. The first kappa shape index (κ1) is 16.5. The fraction of sp³-hybridized carbons (Fsp3) is 0.143. The molecule has 0 radical (unpaired) electrons. The summed E-state index contributed by atoms with van der Waals surface area (Å²) in [6, 6.07) is 15.2. The molecule has 0 fully saturated rings. The maximum atomic E-state index is 12.8. The van der Waals surface area contributed by atoms with Crippen LogP contribution in [0.15, 0.2) is 65.6 Å². The van der Waals surface area contributed by atoms with Crippen molar-refractivity contribution in [3.8, 4) is 0 Å². The third kappa shape index (κ3) is 2.99. The van der Waals surface area contributed by atoms with Crippen molar-refractivity contribution in [3.63, 3.8) is 0 Å². The lowest BCUT2D eigenvalue weighted by Crippen LogP contribution is -2.43. The van der Waals surface area contributed by atoms with Crippen LogP contribution >= 0.6 is 0 Å². The lowest BCUT2D eigenvalue weighted by Gasteiger charge is -2.26. The van der Waals surface area contributed by atoms with Crippen LogP contribution in [0.3, 0.4) is 0 Å². The number of benzene rings is 2. The fourth-order valence-corrected chi connectivity index (χ4v) is 5.21. The Kier molecular flexibility index (Phi) is 4.55. The number of hydrogen-bond donors (Lipinski definition) is 0. The van der Waals surface area contributed by atoms with E-state index >= 15 is 0 Å². The average Bonchev–Trinajstić information content (AvgIpc) is 2.48. The Morgan fingerprint density at radius 2 is 1.18 bits per heavy atom. The Morgan fingerprint density at radius 3 is 1.64 bits per heavy atom. The van der Waals surface area contributed by atoms with Gasteiger partial charge in [0.15, 0.2) is 0 Å². The summed E-state index contributed by atoms with van der Waals surface area (Å²) in [6.07, 6.45) is 0. The molecule has 6 nitrogen and oxygen atoms in total. The third-order valence-corrected chi connectivity index (χ3v) is 7.12. The van der Waals surface area contributed by atoms with Crippen LogP contribution in [0.2, 0.25) is 0 Å². The molecular weight excluding hydrogens is 324 g/mol. The third-order valence-electron chi connectivity index (χ3n) is 2.90. The van der Waals surface area contributed by atoms with Crippen LogP contribution in [-0.4, -0.2) is 35.2 Å². The molecule has 8 heteroatoms. The van der Waals surface area contributed by atoms with Gasteiger partial charge in [0, 0.05) is 14.1 Å². The van der Waals surface area contributed by atoms with Gasteiger partial charge in [0.25, 0.3) is 10.0 Å². The van der Waals surface area contributed by atoms with Crippen LogP contribution in [0.4, 0.5) is 5.69 Å². The van der Waals surface area contributed by atoms with Crippen LogP contribution in [0.1, 0.15) is 0 Å². The van der Waals surface area contributed by atoms with Gasteiger partial charge < -0.3 is 0 Å². The Bertz CT molecular complexity index is 833. The second kappa shape index (κ2) is 6.07.